The molecule has 1 fully saturated rings. The van der Waals surface area contributed by atoms with E-state index >= 15 is 0 Å². The van der Waals surface area contributed by atoms with E-state index in [1.54, 1.807) is 0 Å². The Bertz CT molecular complexity index is 359. The van der Waals surface area contributed by atoms with Crippen LogP contribution in [0.2, 0.25) is 0 Å². The van der Waals surface area contributed by atoms with Crippen molar-refractivity contribution in [2.75, 3.05) is 13.1 Å². The Morgan fingerprint density at radius 1 is 1.25 bits per heavy atom. The normalized spacial score (nSPS) is 17.9. The molecule has 0 spiro atoms. The third kappa shape index (κ3) is 2.69. The number of halogens is 3. The zero-order valence-electron chi connectivity index (χ0n) is 8.67. The van der Waals surface area contributed by atoms with Gasteiger partial charge >= 0.3 is 6.18 Å². The Balaban J connectivity index is 2.09. The van der Waals surface area contributed by atoms with E-state index in [-0.39, 0.29) is 0 Å². The van der Waals surface area contributed by atoms with Crippen molar-refractivity contribution < 1.29 is 13.2 Å². The Hall–Kier alpha value is -1.17. The van der Waals surface area contributed by atoms with Crippen molar-refractivity contribution in [1.29, 1.82) is 0 Å². The Morgan fingerprint density at radius 2 is 1.94 bits per heavy atom. The lowest BCUT2D eigenvalue weighted by Crippen LogP contribution is -2.20. The summed E-state index contributed by atoms with van der Waals surface area (Å²) in [6.07, 6.45) is -1.07. The van der Waals surface area contributed by atoms with Gasteiger partial charge in [-0.25, -0.2) is 9.97 Å². The number of likely N-dealkylation sites (tertiary alicyclic amines) is 1. The van der Waals surface area contributed by atoms with Gasteiger partial charge in [0.25, 0.3) is 0 Å². The van der Waals surface area contributed by atoms with Crippen LogP contribution in [0.5, 0.6) is 0 Å². The molecule has 0 aromatic carbocycles. The van der Waals surface area contributed by atoms with Gasteiger partial charge in [-0.3, -0.25) is 4.90 Å². The fraction of sp³-hybridized carbons (Fsp3) is 0.600. The van der Waals surface area contributed by atoms with Crippen LogP contribution < -0.4 is 0 Å². The maximum absolute atomic E-state index is 12.3. The number of nitrogens with zero attached hydrogens (tertiary/aromatic N) is 3. The van der Waals surface area contributed by atoms with Crippen LogP contribution in [-0.4, -0.2) is 28.0 Å². The SMILES string of the molecule is FC(F)(F)c1nccc(CN2CCCC2)n1. The van der Waals surface area contributed by atoms with Crippen LogP contribution in [0.3, 0.4) is 0 Å². The molecule has 1 aliphatic heterocycles. The summed E-state index contributed by atoms with van der Waals surface area (Å²) in [6, 6.07) is 1.54. The fourth-order valence-corrected chi connectivity index (χ4v) is 1.79. The second kappa shape index (κ2) is 4.37. The molecule has 16 heavy (non-hydrogen) atoms. The molecular formula is C10H12F3N3. The van der Waals surface area contributed by atoms with Crippen molar-refractivity contribution in [1.82, 2.24) is 14.9 Å². The molecule has 1 aromatic heterocycles. The van der Waals surface area contributed by atoms with Gasteiger partial charge in [0.2, 0.25) is 5.82 Å². The summed E-state index contributed by atoms with van der Waals surface area (Å²) in [5.74, 6) is -1.05. The maximum atomic E-state index is 12.3. The first-order valence-electron chi connectivity index (χ1n) is 5.17. The minimum Gasteiger partial charge on any atom is -0.298 e. The van der Waals surface area contributed by atoms with Crippen LogP contribution in [0, 0.1) is 0 Å². The molecule has 2 heterocycles. The van der Waals surface area contributed by atoms with Crippen molar-refractivity contribution in [3.05, 3.63) is 23.8 Å². The summed E-state index contributed by atoms with van der Waals surface area (Å²) in [5, 5.41) is 0. The van der Waals surface area contributed by atoms with Crippen molar-refractivity contribution in [3.8, 4) is 0 Å². The molecule has 0 bridgehead atoms. The molecule has 0 saturated carbocycles. The summed E-state index contributed by atoms with van der Waals surface area (Å²) in [4.78, 5) is 8.86. The molecule has 1 aromatic rings. The molecule has 0 unspecified atom stereocenters. The van der Waals surface area contributed by atoms with Gasteiger partial charge in [0.05, 0.1) is 5.69 Å². The van der Waals surface area contributed by atoms with Crippen LogP contribution >= 0.6 is 0 Å². The van der Waals surface area contributed by atoms with Crippen LogP contribution in [0.25, 0.3) is 0 Å². The molecule has 0 aliphatic carbocycles. The van der Waals surface area contributed by atoms with Gasteiger partial charge in [-0.05, 0) is 32.0 Å². The summed E-state index contributed by atoms with van der Waals surface area (Å²) in [6.45, 7) is 2.35. The Kier molecular flexibility index (Phi) is 3.09. The summed E-state index contributed by atoms with van der Waals surface area (Å²) in [5.41, 5.74) is 0.434. The average Bonchev–Trinajstić information content (AvgIpc) is 2.70. The fourth-order valence-electron chi connectivity index (χ4n) is 1.79. The van der Waals surface area contributed by atoms with Gasteiger partial charge in [0.1, 0.15) is 0 Å². The van der Waals surface area contributed by atoms with E-state index in [2.05, 4.69) is 14.9 Å². The smallest absolute Gasteiger partial charge is 0.298 e. The van der Waals surface area contributed by atoms with E-state index in [0.29, 0.717) is 12.2 Å². The van der Waals surface area contributed by atoms with E-state index in [0.717, 1.165) is 25.9 Å². The quantitative estimate of drug-likeness (QED) is 0.780. The molecule has 0 N–H and O–H groups in total. The maximum Gasteiger partial charge on any atom is 0.451 e. The predicted octanol–water partition coefficient (Wildman–Crippen LogP) is 2.09. The number of alkyl halides is 3. The lowest BCUT2D eigenvalue weighted by atomic mass is 10.3. The van der Waals surface area contributed by atoms with Crippen molar-refractivity contribution >= 4 is 0 Å². The number of hydrogen-bond donors (Lipinski definition) is 0. The summed E-state index contributed by atoms with van der Waals surface area (Å²) >= 11 is 0. The molecule has 88 valence electrons. The highest BCUT2D eigenvalue weighted by Crippen LogP contribution is 2.25. The first kappa shape index (κ1) is 11.3. The van der Waals surface area contributed by atoms with Gasteiger partial charge < -0.3 is 0 Å². The minimum atomic E-state index is -4.46. The second-order valence-corrected chi connectivity index (χ2v) is 3.85. The van der Waals surface area contributed by atoms with Crippen LogP contribution in [0.1, 0.15) is 24.4 Å². The molecule has 2 rings (SSSR count). The first-order chi connectivity index (χ1) is 7.55. The van der Waals surface area contributed by atoms with Gasteiger partial charge in [0, 0.05) is 12.7 Å². The van der Waals surface area contributed by atoms with E-state index < -0.39 is 12.0 Å². The Morgan fingerprint density at radius 3 is 2.56 bits per heavy atom. The third-order valence-electron chi connectivity index (χ3n) is 2.55. The van der Waals surface area contributed by atoms with Gasteiger partial charge in [-0.2, -0.15) is 13.2 Å². The molecule has 1 saturated heterocycles. The number of rotatable bonds is 2. The minimum absolute atomic E-state index is 0.434. The van der Waals surface area contributed by atoms with Gasteiger partial charge in [0.15, 0.2) is 0 Å². The van der Waals surface area contributed by atoms with Crippen LogP contribution in [0.15, 0.2) is 12.3 Å². The van der Waals surface area contributed by atoms with Crippen molar-refractivity contribution in [2.45, 2.75) is 25.6 Å². The van der Waals surface area contributed by atoms with E-state index in [1.807, 2.05) is 0 Å². The standard InChI is InChI=1S/C10H12F3N3/c11-10(12,13)9-14-4-3-8(15-9)7-16-5-1-2-6-16/h3-4H,1-2,5-7H2. The zero-order valence-corrected chi connectivity index (χ0v) is 8.67. The first-order valence-corrected chi connectivity index (χ1v) is 5.17. The molecular weight excluding hydrogens is 219 g/mol. The van der Waals surface area contributed by atoms with Crippen LogP contribution in [-0.2, 0) is 12.7 Å². The van der Waals surface area contributed by atoms with E-state index in [1.165, 1.54) is 12.3 Å². The molecule has 0 radical (unpaired) electrons. The second-order valence-electron chi connectivity index (χ2n) is 3.85. The topological polar surface area (TPSA) is 29.0 Å². The number of aromatic nitrogens is 2. The highest BCUT2D eigenvalue weighted by molar-refractivity contribution is 5.04. The molecule has 3 nitrogen and oxygen atoms in total. The third-order valence-corrected chi connectivity index (χ3v) is 2.55. The zero-order chi connectivity index (χ0) is 11.6. The monoisotopic (exact) mass is 231 g/mol. The summed E-state index contributed by atoms with van der Waals surface area (Å²) in [7, 11) is 0. The average molecular weight is 231 g/mol. The van der Waals surface area contributed by atoms with Crippen molar-refractivity contribution in [3.63, 3.8) is 0 Å². The lowest BCUT2D eigenvalue weighted by molar-refractivity contribution is -0.145. The predicted molar refractivity (Wildman–Crippen MR) is 51.5 cm³/mol. The van der Waals surface area contributed by atoms with Gasteiger partial charge in [-0.15, -0.1) is 0 Å². The van der Waals surface area contributed by atoms with Gasteiger partial charge in [-0.1, -0.05) is 0 Å². The molecule has 6 heteroatoms. The number of hydrogen-bond acceptors (Lipinski definition) is 3. The largest absolute Gasteiger partial charge is 0.451 e. The molecule has 0 atom stereocenters. The molecule has 1 aliphatic rings. The summed E-state index contributed by atoms with van der Waals surface area (Å²) < 4.78 is 37.0. The molecule has 0 amide bonds. The van der Waals surface area contributed by atoms with E-state index in [9.17, 15) is 13.2 Å². The lowest BCUT2D eigenvalue weighted by Gasteiger charge is -2.14. The Labute approximate surface area is 91.3 Å². The van der Waals surface area contributed by atoms with E-state index in [4.69, 9.17) is 0 Å². The highest BCUT2D eigenvalue weighted by atomic mass is 19.4. The van der Waals surface area contributed by atoms with Crippen molar-refractivity contribution in [2.24, 2.45) is 0 Å². The van der Waals surface area contributed by atoms with Crippen LogP contribution in [0.4, 0.5) is 13.2 Å². The highest BCUT2D eigenvalue weighted by Gasteiger charge is 2.34.